The van der Waals surface area contributed by atoms with Crippen molar-refractivity contribution in [3.8, 4) is 5.75 Å². The summed E-state index contributed by atoms with van der Waals surface area (Å²) >= 11 is 0. The number of amides is 1. The predicted octanol–water partition coefficient (Wildman–Crippen LogP) is 6.81. The Morgan fingerprint density at radius 2 is 1.82 bits per heavy atom. The second-order valence-corrected chi connectivity index (χ2v) is 12.9. The van der Waals surface area contributed by atoms with Gasteiger partial charge in [-0.15, -0.1) is 0 Å². The van der Waals surface area contributed by atoms with E-state index in [9.17, 15) is 23.1 Å². The molecule has 3 aliphatic carbocycles. The Kier molecular flexibility index (Phi) is 7.51. The summed E-state index contributed by atoms with van der Waals surface area (Å²) in [6, 6.07) is 10.3. The third kappa shape index (κ3) is 5.57. The largest absolute Gasteiger partial charge is 0.508 e. The molecule has 5 rings (SSSR count). The van der Waals surface area contributed by atoms with Crippen molar-refractivity contribution in [2.24, 2.45) is 23.2 Å². The highest BCUT2D eigenvalue weighted by atomic mass is 19.4. The predicted molar refractivity (Wildman–Crippen MR) is 147 cm³/mol. The number of nitrogens with zero attached hydrogens (tertiary/aromatic N) is 1. The van der Waals surface area contributed by atoms with E-state index < -0.39 is 11.7 Å². The van der Waals surface area contributed by atoms with Crippen molar-refractivity contribution in [3.63, 3.8) is 0 Å². The number of hydrogen-bond acceptors (Lipinski definition) is 3. The lowest BCUT2D eigenvalue weighted by Crippen LogP contribution is -2.47. The fourth-order valence-corrected chi connectivity index (χ4v) is 8.06. The Morgan fingerprint density at radius 1 is 1.10 bits per heavy atom. The third-order valence-electron chi connectivity index (χ3n) is 9.75. The van der Waals surface area contributed by atoms with E-state index in [1.54, 1.807) is 0 Å². The van der Waals surface area contributed by atoms with Gasteiger partial charge in [0.2, 0.25) is 0 Å². The summed E-state index contributed by atoms with van der Waals surface area (Å²) in [6.45, 7) is 7.40. The molecule has 0 radical (unpaired) electrons. The van der Waals surface area contributed by atoms with Gasteiger partial charge in [-0.05, 0) is 123 Å². The van der Waals surface area contributed by atoms with Crippen LogP contribution in [0.4, 0.5) is 13.2 Å². The first-order chi connectivity index (χ1) is 18.4. The third-order valence-corrected chi connectivity index (χ3v) is 9.75. The molecule has 3 aliphatic rings. The van der Waals surface area contributed by atoms with Gasteiger partial charge in [0.25, 0.3) is 5.91 Å². The van der Waals surface area contributed by atoms with Gasteiger partial charge in [-0.2, -0.15) is 13.2 Å². The standard InChI is InChI=1S/C32H41F3N2O2/c1-21-17-30(2,13-4-14-36-29(39)23-7-10-25(11-8-23)32(33,34)35)31(18-21)26(20-37(3)19-22-5-6-22)15-24-9-12-27(38)16-28(24)31/h7-12,16,21-22,26,38H,4-6,13-15,17-20H2,1-3H3,(H,36,39)/t21-,26?,30?,31?/m0/s1. The van der Waals surface area contributed by atoms with E-state index in [2.05, 4.69) is 37.2 Å². The molecule has 1 spiro atoms. The average Bonchev–Trinajstić information content (AvgIpc) is 3.57. The lowest BCUT2D eigenvalue weighted by atomic mass is 9.57. The van der Waals surface area contributed by atoms with Crippen molar-refractivity contribution in [2.75, 3.05) is 26.7 Å². The van der Waals surface area contributed by atoms with E-state index >= 15 is 0 Å². The molecule has 7 heteroatoms. The van der Waals surface area contributed by atoms with Gasteiger partial charge in [-0.25, -0.2) is 0 Å². The molecule has 0 aliphatic heterocycles. The van der Waals surface area contributed by atoms with Crippen LogP contribution < -0.4 is 5.32 Å². The zero-order valence-electron chi connectivity index (χ0n) is 23.3. The minimum absolute atomic E-state index is 0.00956. The number of phenolic OH excluding ortho intramolecular Hbond substituents is 1. The molecule has 4 atom stereocenters. The maximum Gasteiger partial charge on any atom is 0.416 e. The van der Waals surface area contributed by atoms with Crippen molar-refractivity contribution >= 4 is 5.91 Å². The van der Waals surface area contributed by atoms with E-state index in [-0.39, 0.29) is 22.3 Å². The minimum Gasteiger partial charge on any atom is -0.508 e. The van der Waals surface area contributed by atoms with Crippen LogP contribution in [0.3, 0.4) is 0 Å². The number of alkyl halides is 3. The number of carbonyl (C=O) groups excluding carboxylic acids is 1. The molecule has 2 saturated carbocycles. The van der Waals surface area contributed by atoms with E-state index in [1.807, 2.05) is 12.1 Å². The molecular formula is C32H41F3N2O2. The van der Waals surface area contributed by atoms with Gasteiger partial charge in [0.05, 0.1) is 5.56 Å². The second kappa shape index (κ2) is 10.5. The zero-order chi connectivity index (χ0) is 28.0. The number of hydrogen-bond donors (Lipinski definition) is 2. The molecular weight excluding hydrogens is 501 g/mol. The molecule has 1 amide bonds. The number of nitrogens with one attached hydrogen (secondary N) is 1. The Balaban J connectivity index is 1.30. The van der Waals surface area contributed by atoms with Crippen molar-refractivity contribution in [1.29, 1.82) is 0 Å². The number of phenols is 1. The van der Waals surface area contributed by atoms with Gasteiger partial charge in [-0.3, -0.25) is 4.79 Å². The van der Waals surface area contributed by atoms with E-state index in [0.717, 1.165) is 63.2 Å². The van der Waals surface area contributed by atoms with Gasteiger partial charge in [0.1, 0.15) is 5.75 Å². The van der Waals surface area contributed by atoms with Gasteiger partial charge < -0.3 is 15.3 Å². The number of carbonyl (C=O) groups is 1. The molecule has 0 bridgehead atoms. The summed E-state index contributed by atoms with van der Waals surface area (Å²) in [5.74, 6) is 1.84. The van der Waals surface area contributed by atoms with Crippen LogP contribution >= 0.6 is 0 Å². The van der Waals surface area contributed by atoms with E-state index in [4.69, 9.17) is 0 Å². The maximum absolute atomic E-state index is 12.9. The fourth-order valence-electron chi connectivity index (χ4n) is 8.06. The molecule has 2 fully saturated rings. The Morgan fingerprint density at radius 3 is 2.49 bits per heavy atom. The topological polar surface area (TPSA) is 52.6 Å². The number of benzene rings is 2. The molecule has 2 aromatic rings. The molecule has 212 valence electrons. The molecule has 3 unspecified atom stereocenters. The highest BCUT2D eigenvalue weighted by Crippen LogP contribution is 2.66. The monoisotopic (exact) mass is 542 g/mol. The first-order valence-corrected chi connectivity index (χ1v) is 14.4. The van der Waals surface area contributed by atoms with Gasteiger partial charge >= 0.3 is 6.18 Å². The van der Waals surface area contributed by atoms with Crippen molar-refractivity contribution in [3.05, 3.63) is 64.7 Å². The van der Waals surface area contributed by atoms with Crippen LogP contribution in [0.1, 0.15) is 79.4 Å². The van der Waals surface area contributed by atoms with Crippen LogP contribution in [0, 0.1) is 23.2 Å². The van der Waals surface area contributed by atoms with Crippen LogP contribution in [0.2, 0.25) is 0 Å². The first kappa shape index (κ1) is 28.0. The first-order valence-electron chi connectivity index (χ1n) is 14.4. The van der Waals surface area contributed by atoms with Gasteiger partial charge in [0, 0.05) is 30.6 Å². The van der Waals surface area contributed by atoms with Crippen LogP contribution in [0.15, 0.2) is 42.5 Å². The number of fused-ring (bicyclic) bond motifs is 2. The molecule has 2 N–H and O–H groups in total. The van der Waals surface area contributed by atoms with Gasteiger partial charge in [-0.1, -0.05) is 19.9 Å². The Hall–Kier alpha value is -2.54. The minimum atomic E-state index is -4.42. The van der Waals surface area contributed by atoms with Crippen LogP contribution in [-0.2, 0) is 18.0 Å². The Bertz CT molecular complexity index is 1190. The number of aromatic hydroxyl groups is 1. The van der Waals surface area contributed by atoms with E-state index in [0.29, 0.717) is 24.1 Å². The highest BCUT2D eigenvalue weighted by molar-refractivity contribution is 5.94. The second-order valence-electron chi connectivity index (χ2n) is 12.9. The SMILES string of the molecule is C[C@H]1CC(C)(CCCNC(=O)c2ccc(C(F)(F)F)cc2)C2(C1)c1cc(O)ccc1CC2CN(C)CC1CC1. The maximum atomic E-state index is 12.9. The normalized spacial score (nSPS) is 28.3. The van der Waals surface area contributed by atoms with Crippen LogP contribution in [0.25, 0.3) is 0 Å². The van der Waals surface area contributed by atoms with Crippen molar-refractivity contribution in [2.45, 2.75) is 70.4 Å². The van der Waals surface area contributed by atoms with Crippen molar-refractivity contribution < 1.29 is 23.1 Å². The summed E-state index contributed by atoms with van der Waals surface area (Å²) in [6.07, 6.45) is 3.19. The lowest BCUT2D eigenvalue weighted by Gasteiger charge is -2.48. The van der Waals surface area contributed by atoms with Gasteiger partial charge in [0.15, 0.2) is 0 Å². The lowest BCUT2D eigenvalue weighted by molar-refractivity contribution is -0.137. The number of halogens is 3. The summed E-state index contributed by atoms with van der Waals surface area (Å²) < 4.78 is 38.6. The fraction of sp³-hybridized carbons (Fsp3) is 0.594. The zero-order valence-corrected chi connectivity index (χ0v) is 23.3. The summed E-state index contributed by atoms with van der Waals surface area (Å²) in [7, 11) is 2.25. The van der Waals surface area contributed by atoms with E-state index in [1.165, 1.54) is 36.1 Å². The molecule has 0 aromatic heterocycles. The van der Waals surface area contributed by atoms with Crippen molar-refractivity contribution in [1.82, 2.24) is 10.2 Å². The smallest absolute Gasteiger partial charge is 0.416 e. The quantitative estimate of drug-likeness (QED) is 0.342. The Labute approximate surface area is 230 Å². The molecule has 0 heterocycles. The van der Waals surface area contributed by atoms with Crippen LogP contribution in [0.5, 0.6) is 5.75 Å². The summed E-state index contributed by atoms with van der Waals surface area (Å²) in [5.41, 5.74) is 2.12. The number of rotatable bonds is 9. The molecule has 39 heavy (non-hydrogen) atoms. The average molecular weight is 543 g/mol. The van der Waals surface area contributed by atoms with Crippen LogP contribution in [-0.4, -0.2) is 42.6 Å². The molecule has 2 aromatic carbocycles. The highest BCUT2D eigenvalue weighted by Gasteiger charge is 2.61. The summed E-state index contributed by atoms with van der Waals surface area (Å²) in [4.78, 5) is 15.1. The summed E-state index contributed by atoms with van der Waals surface area (Å²) in [5, 5.41) is 13.4. The molecule has 4 nitrogen and oxygen atoms in total. The molecule has 0 saturated heterocycles.